The lowest BCUT2D eigenvalue weighted by molar-refractivity contribution is -0.138. The van der Waals surface area contributed by atoms with Crippen molar-refractivity contribution in [3.63, 3.8) is 0 Å². The second-order valence-electron chi connectivity index (χ2n) is 3.62. The van der Waals surface area contributed by atoms with E-state index in [9.17, 15) is 9.90 Å². The van der Waals surface area contributed by atoms with E-state index >= 15 is 0 Å². The van der Waals surface area contributed by atoms with Crippen molar-refractivity contribution in [1.29, 1.82) is 0 Å². The van der Waals surface area contributed by atoms with Gasteiger partial charge in [-0.05, 0) is 43.5 Å². The number of carbonyl (C=O) groups is 1. The molecule has 0 saturated carbocycles. The fourth-order valence-electron chi connectivity index (χ4n) is 1.59. The highest BCUT2D eigenvalue weighted by atomic mass is 35.5. The number of aromatic hydroxyl groups is 1. The van der Waals surface area contributed by atoms with Gasteiger partial charge in [0.15, 0.2) is 0 Å². The Labute approximate surface area is 93.3 Å². The molecule has 3 nitrogen and oxygen atoms in total. The number of hydrogen-bond donors (Lipinski definition) is 2. The second kappa shape index (κ2) is 4.11. The van der Waals surface area contributed by atoms with Gasteiger partial charge in [0.2, 0.25) is 0 Å². The Morgan fingerprint density at radius 3 is 2.47 bits per heavy atom. The molecule has 1 unspecified atom stereocenters. The molecule has 0 aromatic heterocycles. The molecule has 82 valence electrons. The third kappa shape index (κ3) is 2.07. The summed E-state index contributed by atoms with van der Waals surface area (Å²) in [7, 11) is 0. The van der Waals surface area contributed by atoms with Crippen LogP contribution in [0.1, 0.15) is 29.5 Å². The van der Waals surface area contributed by atoms with Gasteiger partial charge in [0.1, 0.15) is 5.75 Å². The lowest BCUT2D eigenvalue weighted by Crippen LogP contribution is -2.10. The predicted molar refractivity (Wildman–Crippen MR) is 58.6 cm³/mol. The van der Waals surface area contributed by atoms with Crippen molar-refractivity contribution in [2.75, 3.05) is 0 Å². The van der Waals surface area contributed by atoms with Gasteiger partial charge in [0.05, 0.1) is 5.92 Å². The van der Waals surface area contributed by atoms with Crippen LogP contribution < -0.4 is 0 Å². The first kappa shape index (κ1) is 11.9. The number of carboxylic acids is 1. The van der Waals surface area contributed by atoms with Gasteiger partial charge in [-0.15, -0.1) is 0 Å². The molecule has 0 aliphatic carbocycles. The summed E-state index contributed by atoms with van der Waals surface area (Å²) in [5, 5.41) is 19.0. The van der Waals surface area contributed by atoms with Crippen LogP contribution in [0.3, 0.4) is 0 Å². The van der Waals surface area contributed by atoms with Crippen molar-refractivity contribution < 1.29 is 15.0 Å². The minimum atomic E-state index is -0.955. The smallest absolute Gasteiger partial charge is 0.310 e. The van der Waals surface area contributed by atoms with Gasteiger partial charge < -0.3 is 10.2 Å². The molecule has 0 amide bonds. The van der Waals surface area contributed by atoms with Crippen LogP contribution in [-0.4, -0.2) is 16.2 Å². The quantitative estimate of drug-likeness (QED) is 0.818. The van der Waals surface area contributed by atoms with Crippen LogP contribution in [0, 0.1) is 13.8 Å². The molecule has 0 saturated heterocycles. The van der Waals surface area contributed by atoms with Crippen molar-refractivity contribution in [3.8, 4) is 5.75 Å². The molecular weight excluding hydrogens is 216 g/mol. The average Bonchev–Trinajstić information content (AvgIpc) is 2.14. The summed E-state index contributed by atoms with van der Waals surface area (Å²) in [6.07, 6.45) is 0. The fraction of sp³-hybridized carbons (Fsp3) is 0.364. The van der Waals surface area contributed by atoms with Crippen molar-refractivity contribution in [2.45, 2.75) is 26.7 Å². The van der Waals surface area contributed by atoms with Crippen LogP contribution in [0.4, 0.5) is 0 Å². The van der Waals surface area contributed by atoms with Gasteiger partial charge in [-0.25, -0.2) is 0 Å². The Balaban J connectivity index is 3.42. The van der Waals surface area contributed by atoms with E-state index in [1.165, 1.54) is 0 Å². The van der Waals surface area contributed by atoms with E-state index in [0.29, 0.717) is 21.7 Å². The summed E-state index contributed by atoms with van der Waals surface area (Å²) >= 11 is 5.97. The molecule has 0 bridgehead atoms. The van der Waals surface area contributed by atoms with Crippen molar-refractivity contribution in [1.82, 2.24) is 0 Å². The number of aryl methyl sites for hydroxylation is 1. The third-order valence-corrected chi connectivity index (χ3v) is 2.85. The molecule has 1 aromatic carbocycles. The highest BCUT2D eigenvalue weighted by Crippen LogP contribution is 2.35. The van der Waals surface area contributed by atoms with Crippen LogP contribution in [0.15, 0.2) is 6.07 Å². The molecular formula is C11H13ClO3. The Kier molecular flexibility index (Phi) is 3.25. The van der Waals surface area contributed by atoms with Crippen LogP contribution in [0.25, 0.3) is 0 Å². The monoisotopic (exact) mass is 228 g/mol. The number of aliphatic carboxylic acids is 1. The molecule has 1 rings (SSSR count). The molecule has 15 heavy (non-hydrogen) atoms. The Morgan fingerprint density at radius 2 is 2.00 bits per heavy atom. The molecule has 0 radical (unpaired) electrons. The molecule has 0 aliphatic heterocycles. The highest BCUT2D eigenvalue weighted by Gasteiger charge is 2.21. The minimum Gasteiger partial charge on any atom is -0.507 e. The first-order chi connectivity index (χ1) is 6.86. The van der Waals surface area contributed by atoms with Crippen LogP contribution in [0.2, 0.25) is 5.02 Å². The summed E-state index contributed by atoms with van der Waals surface area (Å²) in [6.45, 7) is 4.94. The number of hydrogen-bond acceptors (Lipinski definition) is 2. The van der Waals surface area contributed by atoms with Crippen LogP contribution >= 0.6 is 11.6 Å². The van der Waals surface area contributed by atoms with E-state index in [-0.39, 0.29) is 5.75 Å². The largest absolute Gasteiger partial charge is 0.507 e. The summed E-state index contributed by atoms with van der Waals surface area (Å²) in [5.41, 5.74) is 1.67. The summed E-state index contributed by atoms with van der Waals surface area (Å²) in [6, 6.07) is 1.58. The maximum Gasteiger partial charge on any atom is 0.310 e. The predicted octanol–water partition coefficient (Wildman–Crippen LogP) is 2.85. The topological polar surface area (TPSA) is 57.5 Å². The summed E-state index contributed by atoms with van der Waals surface area (Å²) in [4.78, 5) is 10.9. The molecule has 2 N–H and O–H groups in total. The number of benzene rings is 1. The fourth-order valence-corrected chi connectivity index (χ4v) is 2.06. The molecule has 1 atom stereocenters. The SMILES string of the molecule is Cc1cc(Cl)c(C(C)C(=O)O)c(C)c1O. The van der Waals surface area contributed by atoms with E-state index < -0.39 is 11.9 Å². The number of phenols is 1. The number of phenolic OH excluding ortho intramolecular Hbond substituents is 1. The Hall–Kier alpha value is -1.22. The normalized spacial score (nSPS) is 12.5. The molecule has 0 spiro atoms. The first-order valence-corrected chi connectivity index (χ1v) is 4.95. The first-order valence-electron chi connectivity index (χ1n) is 4.57. The molecule has 1 aromatic rings. The average molecular weight is 229 g/mol. The number of halogens is 1. The van der Waals surface area contributed by atoms with E-state index in [2.05, 4.69) is 0 Å². The van der Waals surface area contributed by atoms with E-state index in [1.54, 1.807) is 26.8 Å². The van der Waals surface area contributed by atoms with Gasteiger partial charge >= 0.3 is 5.97 Å². The zero-order chi connectivity index (χ0) is 11.7. The maximum atomic E-state index is 10.9. The third-order valence-electron chi connectivity index (χ3n) is 2.54. The second-order valence-corrected chi connectivity index (χ2v) is 4.03. The van der Waals surface area contributed by atoms with E-state index in [1.807, 2.05) is 0 Å². The maximum absolute atomic E-state index is 10.9. The molecule has 0 aliphatic rings. The molecule has 0 heterocycles. The van der Waals surface area contributed by atoms with Crippen molar-refractivity contribution in [3.05, 3.63) is 27.8 Å². The number of rotatable bonds is 2. The molecule has 0 fully saturated rings. The van der Waals surface area contributed by atoms with Gasteiger partial charge in [-0.1, -0.05) is 11.6 Å². The van der Waals surface area contributed by atoms with Gasteiger partial charge in [-0.2, -0.15) is 0 Å². The lowest BCUT2D eigenvalue weighted by Gasteiger charge is -2.15. The zero-order valence-corrected chi connectivity index (χ0v) is 9.59. The van der Waals surface area contributed by atoms with Crippen LogP contribution in [0.5, 0.6) is 5.75 Å². The highest BCUT2D eigenvalue weighted by molar-refractivity contribution is 6.32. The Morgan fingerprint density at radius 1 is 1.47 bits per heavy atom. The van der Waals surface area contributed by atoms with E-state index in [4.69, 9.17) is 16.7 Å². The van der Waals surface area contributed by atoms with Crippen molar-refractivity contribution >= 4 is 17.6 Å². The minimum absolute atomic E-state index is 0.113. The zero-order valence-electron chi connectivity index (χ0n) is 8.84. The Bertz CT molecular complexity index is 413. The number of carboxylic acid groups (broad SMARTS) is 1. The standard InChI is InChI=1S/C11H13ClO3/c1-5-4-8(12)9(6(2)10(5)13)7(3)11(14)15/h4,7,13H,1-3H3,(H,14,15). The van der Waals surface area contributed by atoms with Crippen molar-refractivity contribution in [2.24, 2.45) is 0 Å². The van der Waals surface area contributed by atoms with Crippen LogP contribution in [-0.2, 0) is 4.79 Å². The van der Waals surface area contributed by atoms with Gasteiger partial charge in [0, 0.05) is 5.02 Å². The summed E-state index contributed by atoms with van der Waals surface area (Å²) in [5.74, 6) is -1.56. The molecule has 4 heteroatoms. The van der Waals surface area contributed by atoms with Gasteiger partial charge in [0.25, 0.3) is 0 Å². The lowest BCUT2D eigenvalue weighted by atomic mass is 9.94. The van der Waals surface area contributed by atoms with E-state index in [0.717, 1.165) is 0 Å². The summed E-state index contributed by atoms with van der Waals surface area (Å²) < 4.78 is 0. The van der Waals surface area contributed by atoms with Gasteiger partial charge in [-0.3, -0.25) is 4.79 Å².